The Balaban J connectivity index is 3.66. The standard InChI is InChI=1S/C10H19N5O/c1-10(2,3)7-6(11)8(14(4)5)13-9(12)15(7)16/h12,16H,11H2,1-5H3. The van der Waals surface area contributed by atoms with Crippen molar-refractivity contribution in [3.63, 3.8) is 0 Å². The Morgan fingerprint density at radius 3 is 2.25 bits per heavy atom. The van der Waals surface area contributed by atoms with Gasteiger partial charge in [-0.25, -0.2) is 0 Å². The van der Waals surface area contributed by atoms with Gasteiger partial charge in [0.25, 0.3) is 5.62 Å². The molecule has 1 rings (SSSR count). The molecule has 0 saturated heterocycles. The third kappa shape index (κ3) is 1.95. The maximum absolute atomic E-state index is 9.79. The van der Waals surface area contributed by atoms with E-state index in [4.69, 9.17) is 11.1 Å². The summed E-state index contributed by atoms with van der Waals surface area (Å²) in [4.78, 5) is 5.65. The van der Waals surface area contributed by atoms with Crippen LogP contribution in [0.2, 0.25) is 0 Å². The van der Waals surface area contributed by atoms with Gasteiger partial charge in [0.15, 0.2) is 5.82 Å². The van der Waals surface area contributed by atoms with Crippen molar-refractivity contribution in [2.45, 2.75) is 26.2 Å². The number of nitrogens with two attached hydrogens (primary N) is 1. The van der Waals surface area contributed by atoms with Gasteiger partial charge < -0.3 is 15.8 Å². The highest BCUT2D eigenvalue weighted by atomic mass is 16.5. The van der Waals surface area contributed by atoms with Crippen LogP contribution in [0.15, 0.2) is 0 Å². The summed E-state index contributed by atoms with van der Waals surface area (Å²) in [7, 11) is 3.60. The van der Waals surface area contributed by atoms with E-state index in [1.54, 1.807) is 19.0 Å². The SMILES string of the molecule is CN(C)c1nc(=N)n(O)c(C(C)(C)C)c1N. The molecule has 1 heterocycles. The molecule has 0 bridgehead atoms. The number of nitrogens with one attached hydrogen (secondary N) is 1. The molecule has 4 N–H and O–H groups in total. The van der Waals surface area contributed by atoms with Crippen molar-refractivity contribution in [1.82, 2.24) is 9.71 Å². The molecular weight excluding hydrogens is 206 g/mol. The maximum atomic E-state index is 9.79. The fourth-order valence-electron chi connectivity index (χ4n) is 1.60. The van der Waals surface area contributed by atoms with E-state index in [0.29, 0.717) is 17.2 Å². The van der Waals surface area contributed by atoms with Crippen LogP contribution in [0.3, 0.4) is 0 Å². The lowest BCUT2D eigenvalue weighted by molar-refractivity contribution is 0.146. The normalized spacial score (nSPS) is 11.6. The first kappa shape index (κ1) is 12.4. The first-order chi connectivity index (χ1) is 7.16. The van der Waals surface area contributed by atoms with E-state index in [-0.39, 0.29) is 11.0 Å². The van der Waals surface area contributed by atoms with Crippen molar-refractivity contribution in [2.75, 3.05) is 24.7 Å². The second-order valence-electron chi connectivity index (χ2n) is 4.98. The Hall–Kier alpha value is -1.72. The molecule has 0 aliphatic carbocycles. The van der Waals surface area contributed by atoms with Crippen LogP contribution < -0.4 is 16.3 Å². The lowest BCUT2D eigenvalue weighted by Crippen LogP contribution is -2.34. The fourth-order valence-corrected chi connectivity index (χ4v) is 1.60. The number of nitrogen functional groups attached to an aromatic ring is 1. The molecule has 90 valence electrons. The minimum absolute atomic E-state index is 0.220. The zero-order valence-electron chi connectivity index (χ0n) is 10.4. The molecule has 0 amide bonds. The molecule has 0 unspecified atom stereocenters. The lowest BCUT2D eigenvalue weighted by atomic mass is 9.90. The summed E-state index contributed by atoms with van der Waals surface area (Å²) in [5.41, 5.74) is 6.29. The minimum Gasteiger partial charge on any atom is -0.425 e. The predicted octanol–water partition coefficient (Wildman–Crippen LogP) is 0.546. The number of aromatic nitrogens is 2. The maximum Gasteiger partial charge on any atom is 0.257 e. The van der Waals surface area contributed by atoms with Crippen molar-refractivity contribution in [3.8, 4) is 0 Å². The van der Waals surface area contributed by atoms with E-state index in [2.05, 4.69) is 4.98 Å². The highest BCUT2D eigenvalue weighted by molar-refractivity contribution is 5.65. The average Bonchev–Trinajstić information content (AvgIpc) is 2.08. The lowest BCUT2D eigenvalue weighted by Gasteiger charge is -2.25. The van der Waals surface area contributed by atoms with Crippen LogP contribution in [-0.4, -0.2) is 29.0 Å². The fraction of sp³-hybridized carbons (Fsp3) is 0.600. The van der Waals surface area contributed by atoms with Gasteiger partial charge in [-0.3, -0.25) is 5.41 Å². The molecule has 0 radical (unpaired) electrons. The Labute approximate surface area is 94.8 Å². The molecule has 0 fully saturated rings. The summed E-state index contributed by atoms with van der Waals surface area (Å²) in [6.45, 7) is 5.76. The van der Waals surface area contributed by atoms with Gasteiger partial charge in [0.05, 0.1) is 11.4 Å². The van der Waals surface area contributed by atoms with Crippen LogP contribution in [0.25, 0.3) is 0 Å². The smallest absolute Gasteiger partial charge is 0.257 e. The second kappa shape index (κ2) is 3.70. The van der Waals surface area contributed by atoms with Crippen molar-refractivity contribution in [3.05, 3.63) is 11.3 Å². The summed E-state index contributed by atoms with van der Waals surface area (Å²) in [6, 6.07) is 0. The van der Waals surface area contributed by atoms with Crippen LogP contribution in [0, 0.1) is 5.41 Å². The Morgan fingerprint density at radius 1 is 1.38 bits per heavy atom. The molecule has 0 aliphatic heterocycles. The van der Waals surface area contributed by atoms with Crippen molar-refractivity contribution >= 4 is 11.5 Å². The third-order valence-electron chi connectivity index (χ3n) is 2.25. The van der Waals surface area contributed by atoms with Gasteiger partial charge in [-0.15, -0.1) is 0 Å². The molecular formula is C10H19N5O. The predicted molar refractivity (Wildman–Crippen MR) is 62.7 cm³/mol. The number of nitrogens with zero attached hydrogens (tertiary/aromatic N) is 3. The molecule has 0 atom stereocenters. The number of anilines is 2. The molecule has 1 aromatic rings. The number of hydrogen-bond donors (Lipinski definition) is 3. The molecule has 6 nitrogen and oxygen atoms in total. The molecule has 0 aliphatic rings. The quantitative estimate of drug-likeness (QED) is 0.608. The van der Waals surface area contributed by atoms with E-state index in [1.165, 1.54) is 0 Å². The van der Waals surface area contributed by atoms with E-state index < -0.39 is 0 Å². The van der Waals surface area contributed by atoms with Gasteiger partial charge in [-0.2, -0.15) is 9.71 Å². The molecule has 0 spiro atoms. The van der Waals surface area contributed by atoms with E-state index in [0.717, 1.165) is 4.73 Å². The van der Waals surface area contributed by atoms with Gasteiger partial charge in [0.1, 0.15) is 0 Å². The summed E-state index contributed by atoms with van der Waals surface area (Å²) < 4.78 is 0.738. The highest BCUT2D eigenvalue weighted by Gasteiger charge is 2.25. The molecule has 1 aromatic heterocycles. The first-order valence-corrected chi connectivity index (χ1v) is 5.00. The largest absolute Gasteiger partial charge is 0.425 e. The van der Waals surface area contributed by atoms with Crippen LogP contribution in [0.1, 0.15) is 26.5 Å². The molecule has 16 heavy (non-hydrogen) atoms. The summed E-state index contributed by atoms with van der Waals surface area (Å²) in [5.74, 6) is 0.500. The zero-order valence-corrected chi connectivity index (χ0v) is 10.4. The van der Waals surface area contributed by atoms with Gasteiger partial charge in [-0.05, 0) is 0 Å². The molecule has 6 heteroatoms. The Bertz CT molecular complexity index is 456. The zero-order chi connectivity index (χ0) is 12.7. The Kier molecular flexibility index (Phi) is 2.85. The van der Waals surface area contributed by atoms with Crippen LogP contribution in [0.4, 0.5) is 11.5 Å². The first-order valence-electron chi connectivity index (χ1n) is 5.00. The average molecular weight is 225 g/mol. The van der Waals surface area contributed by atoms with Crippen LogP contribution in [0.5, 0.6) is 0 Å². The minimum atomic E-state index is -0.359. The van der Waals surface area contributed by atoms with Gasteiger partial charge in [0.2, 0.25) is 0 Å². The van der Waals surface area contributed by atoms with Crippen LogP contribution >= 0.6 is 0 Å². The van der Waals surface area contributed by atoms with E-state index in [9.17, 15) is 5.21 Å². The van der Waals surface area contributed by atoms with Gasteiger partial charge in [-0.1, -0.05) is 20.8 Å². The Morgan fingerprint density at radius 2 is 1.88 bits per heavy atom. The van der Waals surface area contributed by atoms with E-state index in [1.807, 2.05) is 20.8 Å². The van der Waals surface area contributed by atoms with Crippen molar-refractivity contribution in [2.24, 2.45) is 0 Å². The molecule has 0 aromatic carbocycles. The highest BCUT2D eigenvalue weighted by Crippen LogP contribution is 2.30. The topological polar surface area (TPSA) is 91.2 Å². The second-order valence-corrected chi connectivity index (χ2v) is 4.98. The van der Waals surface area contributed by atoms with E-state index >= 15 is 0 Å². The molecule has 0 saturated carbocycles. The summed E-state index contributed by atoms with van der Waals surface area (Å²) in [5, 5.41) is 17.4. The van der Waals surface area contributed by atoms with Gasteiger partial charge >= 0.3 is 0 Å². The monoisotopic (exact) mass is 225 g/mol. The summed E-state index contributed by atoms with van der Waals surface area (Å²) in [6.07, 6.45) is 0. The summed E-state index contributed by atoms with van der Waals surface area (Å²) >= 11 is 0. The van der Waals surface area contributed by atoms with Crippen LogP contribution in [-0.2, 0) is 5.41 Å². The number of hydrogen-bond acceptors (Lipinski definition) is 5. The third-order valence-corrected chi connectivity index (χ3v) is 2.25. The van der Waals surface area contributed by atoms with Gasteiger partial charge in [0, 0.05) is 19.5 Å². The van der Waals surface area contributed by atoms with Crippen molar-refractivity contribution < 1.29 is 5.21 Å². The van der Waals surface area contributed by atoms with Crippen molar-refractivity contribution in [1.29, 1.82) is 5.41 Å². The number of rotatable bonds is 1.